The second-order valence-corrected chi connectivity index (χ2v) is 8.13. The number of hydrogen-bond acceptors (Lipinski definition) is 6. The molecular formula is C26H20N2O6. The van der Waals surface area contributed by atoms with Gasteiger partial charge in [0.15, 0.2) is 0 Å². The van der Waals surface area contributed by atoms with Crippen LogP contribution < -0.4 is 14.5 Å². The molecular weight excluding hydrogens is 436 g/mol. The summed E-state index contributed by atoms with van der Waals surface area (Å²) in [4.78, 5) is 54.3. The molecule has 1 unspecified atom stereocenters. The zero-order chi connectivity index (χ0) is 24.1. The molecule has 5 rings (SSSR count). The predicted octanol–water partition coefficient (Wildman–Crippen LogP) is 4.17. The molecule has 4 amide bonds. The summed E-state index contributed by atoms with van der Waals surface area (Å²) in [7, 11) is 0. The minimum absolute atomic E-state index is 0.0783. The van der Waals surface area contributed by atoms with Crippen molar-refractivity contribution in [1.29, 1.82) is 0 Å². The lowest BCUT2D eigenvalue weighted by molar-refractivity contribution is 0.0910. The Balaban J connectivity index is 1.52. The first-order valence-corrected chi connectivity index (χ1v) is 10.8. The van der Waals surface area contributed by atoms with Gasteiger partial charge >= 0.3 is 0 Å². The van der Waals surface area contributed by atoms with Gasteiger partial charge in [0.1, 0.15) is 11.5 Å². The molecule has 3 aromatic carbocycles. The number of amides is 4. The van der Waals surface area contributed by atoms with Crippen LogP contribution in [0.25, 0.3) is 0 Å². The zero-order valence-corrected chi connectivity index (χ0v) is 18.4. The highest BCUT2D eigenvalue weighted by atomic mass is 16.5. The van der Waals surface area contributed by atoms with Gasteiger partial charge in [-0.2, -0.15) is 0 Å². The van der Waals surface area contributed by atoms with Crippen LogP contribution in [-0.2, 0) is 0 Å². The molecule has 0 saturated heterocycles. The Morgan fingerprint density at radius 1 is 0.765 bits per heavy atom. The van der Waals surface area contributed by atoms with Gasteiger partial charge in [-0.15, -0.1) is 0 Å². The van der Waals surface area contributed by atoms with Crippen LogP contribution in [0.4, 0.5) is 11.4 Å². The molecule has 2 aliphatic rings. The Morgan fingerprint density at radius 2 is 1.29 bits per heavy atom. The number of phenols is 1. The average Bonchev–Trinajstić information content (AvgIpc) is 3.24. The number of hydrogen-bond donors (Lipinski definition) is 1. The fourth-order valence-corrected chi connectivity index (χ4v) is 4.16. The third-order valence-electron chi connectivity index (χ3n) is 6.02. The van der Waals surface area contributed by atoms with Crippen molar-refractivity contribution >= 4 is 35.0 Å². The van der Waals surface area contributed by atoms with E-state index in [1.807, 2.05) is 13.8 Å². The summed E-state index contributed by atoms with van der Waals surface area (Å²) < 4.78 is 5.87. The van der Waals surface area contributed by atoms with E-state index in [2.05, 4.69) is 0 Å². The second-order valence-electron chi connectivity index (χ2n) is 8.13. The first-order valence-electron chi connectivity index (χ1n) is 10.8. The molecule has 2 heterocycles. The largest absolute Gasteiger partial charge is 0.507 e. The van der Waals surface area contributed by atoms with E-state index in [1.54, 1.807) is 30.3 Å². The van der Waals surface area contributed by atoms with Crippen molar-refractivity contribution in [2.75, 3.05) is 9.80 Å². The summed E-state index contributed by atoms with van der Waals surface area (Å²) in [6.07, 6.45) is 0.588. The Labute approximate surface area is 195 Å². The maximum absolute atomic E-state index is 13.3. The molecule has 34 heavy (non-hydrogen) atoms. The van der Waals surface area contributed by atoms with Gasteiger partial charge in [0.2, 0.25) is 0 Å². The normalized spacial score (nSPS) is 15.6. The highest BCUT2D eigenvalue weighted by Crippen LogP contribution is 2.38. The Kier molecular flexibility index (Phi) is 4.93. The van der Waals surface area contributed by atoms with Gasteiger partial charge in [0.05, 0.1) is 39.7 Å². The maximum atomic E-state index is 13.3. The number of carbonyl (C=O) groups excluding carboxylic acids is 4. The molecule has 0 aromatic heterocycles. The van der Waals surface area contributed by atoms with Crippen LogP contribution in [0.3, 0.4) is 0 Å². The van der Waals surface area contributed by atoms with Crippen LogP contribution in [-0.4, -0.2) is 34.8 Å². The molecule has 2 aliphatic heterocycles. The van der Waals surface area contributed by atoms with Crippen LogP contribution in [0, 0.1) is 0 Å². The summed E-state index contributed by atoms with van der Waals surface area (Å²) >= 11 is 0. The first kappa shape index (κ1) is 21.4. The molecule has 0 radical (unpaired) electrons. The lowest BCUT2D eigenvalue weighted by Gasteiger charge is -2.19. The third kappa shape index (κ3) is 3.07. The van der Waals surface area contributed by atoms with Crippen LogP contribution in [0.1, 0.15) is 61.7 Å². The molecule has 0 aliphatic carbocycles. The van der Waals surface area contributed by atoms with E-state index in [4.69, 9.17) is 4.74 Å². The molecule has 0 bridgehead atoms. The second kappa shape index (κ2) is 7.84. The smallest absolute Gasteiger partial charge is 0.269 e. The number of ether oxygens (including phenoxy) is 1. The van der Waals surface area contributed by atoms with Crippen LogP contribution in [0.2, 0.25) is 0 Å². The van der Waals surface area contributed by atoms with Gasteiger partial charge in [-0.25, -0.2) is 9.80 Å². The fraction of sp³-hybridized carbons (Fsp3) is 0.154. The average molecular weight is 456 g/mol. The Morgan fingerprint density at radius 3 is 1.88 bits per heavy atom. The van der Waals surface area contributed by atoms with E-state index in [9.17, 15) is 24.3 Å². The number of fused-ring (bicyclic) bond motifs is 2. The van der Waals surface area contributed by atoms with Gasteiger partial charge < -0.3 is 9.84 Å². The van der Waals surface area contributed by atoms with Crippen molar-refractivity contribution in [2.24, 2.45) is 0 Å². The molecule has 1 N–H and O–H groups in total. The van der Waals surface area contributed by atoms with Crippen molar-refractivity contribution in [2.45, 2.75) is 26.4 Å². The Bertz CT molecular complexity index is 1400. The molecule has 8 heteroatoms. The van der Waals surface area contributed by atoms with Gasteiger partial charge in [0, 0.05) is 0 Å². The summed E-state index contributed by atoms with van der Waals surface area (Å²) in [6, 6.07) is 15.2. The summed E-state index contributed by atoms with van der Waals surface area (Å²) in [5.74, 6) is -2.30. The van der Waals surface area contributed by atoms with E-state index >= 15 is 0 Å². The highest BCUT2D eigenvalue weighted by molar-refractivity contribution is 6.37. The SMILES string of the molecule is CCC(C)Oc1cccc2c1C(=O)N(c1cccc(N3C(=O)c4cccc(O)c4C3=O)c1)C2=O. The maximum Gasteiger partial charge on any atom is 0.269 e. The lowest BCUT2D eigenvalue weighted by Crippen LogP contribution is -2.31. The number of benzene rings is 3. The van der Waals surface area contributed by atoms with E-state index in [1.165, 1.54) is 30.3 Å². The molecule has 0 fully saturated rings. The molecule has 8 nitrogen and oxygen atoms in total. The van der Waals surface area contributed by atoms with Crippen LogP contribution >= 0.6 is 0 Å². The van der Waals surface area contributed by atoms with Gasteiger partial charge in [0.25, 0.3) is 23.6 Å². The third-order valence-corrected chi connectivity index (χ3v) is 6.02. The van der Waals surface area contributed by atoms with E-state index in [0.29, 0.717) is 5.75 Å². The minimum atomic E-state index is -0.679. The van der Waals surface area contributed by atoms with Gasteiger partial charge in [-0.1, -0.05) is 25.1 Å². The number of phenolic OH excluding ortho intramolecular Hbond substituents is 1. The van der Waals surface area contributed by atoms with Crippen molar-refractivity contribution in [3.05, 3.63) is 82.9 Å². The predicted molar refractivity (Wildman–Crippen MR) is 124 cm³/mol. The molecule has 3 aromatic rings. The van der Waals surface area contributed by atoms with E-state index in [0.717, 1.165) is 16.2 Å². The zero-order valence-electron chi connectivity index (χ0n) is 18.4. The lowest BCUT2D eigenvalue weighted by atomic mass is 10.1. The Hall–Kier alpha value is -4.46. The van der Waals surface area contributed by atoms with Crippen LogP contribution in [0.15, 0.2) is 60.7 Å². The first-order chi connectivity index (χ1) is 16.3. The number of carbonyl (C=O) groups is 4. The summed E-state index contributed by atoms with van der Waals surface area (Å²) in [6.45, 7) is 3.83. The quantitative estimate of drug-likeness (QED) is 0.578. The van der Waals surface area contributed by atoms with Crippen molar-refractivity contribution in [1.82, 2.24) is 0 Å². The van der Waals surface area contributed by atoms with Gasteiger partial charge in [-0.3, -0.25) is 19.2 Å². The molecule has 0 saturated carbocycles. The molecule has 1 atom stereocenters. The minimum Gasteiger partial charge on any atom is -0.507 e. The molecule has 0 spiro atoms. The number of nitrogens with zero attached hydrogens (tertiary/aromatic N) is 2. The number of rotatable bonds is 5. The highest BCUT2D eigenvalue weighted by Gasteiger charge is 2.41. The van der Waals surface area contributed by atoms with Crippen molar-refractivity contribution in [3.8, 4) is 11.5 Å². The topological polar surface area (TPSA) is 104 Å². The monoisotopic (exact) mass is 456 g/mol. The van der Waals surface area contributed by atoms with Gasteiger partial charge in [-0.05, 0) is 55.8 Å². The van der Waals surface area contributed by atoms with Crippen molar-refractivity contribution < 1.29 is 29.0 Å². The summed E-state index contributed by atoms with van der Waals surface area (Å²) in [5.41, 5.74) is 0.800. The van der Waals surface area contributed by atoms with E-state index in [-0.39, 0.29) is 45.5 Å². The number of imide groups is 2. The molecule has 170 valence electrons. The number of aromatic hydroxyl groups is 1. The summed E-state index contributed by atoms with van der Waals surface area (Å²) in [5, 5.41) is 10.1. The van der Waals surface area contributed by atoms with Crippen molar-refractivity contribution in [3.63, 3.8) is 0 Å². The number of anilines is 2. The van der Waals surface area contributed by atoms with E-state index < -0.39 is 23.6 Å². The van der Waals surface area contributed by atoms with Crippen LogP contribution in [0.5, 0.6) is 11.5 Å². The fourth-order valence-electron chi connectivity index (χ4n) is 4.16. The standard InChI is InChI=1S/C26H20N2O6/c1-3-14(2)34-20-12-6-10-18-22(20)26(33)28(24(18)31)16-8-4-7-15(13-16)27-23(30)17-9-5-11-19(29)21(17)25(27)32/h4-14,29H,3H2,1-2H3.